The molecule has 9 heteroatoms. The van der Waals surface area contributed by atoms with E-state index in [1.165, 1.54) is 4.57 Å². The predicted molar refractivity (Wildman–Crippen MR) is 132 cm³/mol. The first-order valence-corrected chi connectivity index (χ1v) is 11.6. The van der Waals surface area contributed by atoms with E-state index in [0.29, 0.717) is 35.5 Å². The fourth-order valence-electron chi connectivity index (χ4n) is 4.40. The van der Waals surface area contributed by atoms with Gasteiger partial charge < -0.3 is 18.8 Å². The molecule has 0 radical (unpaired) electrons. The number of fused-ring (bicyclic) bond motifs is 2. The molecule has 0 amide bonds. The third kappa shape index (κ3) is 4.59. The van der Waals surface area contributed by atoms with E-state index in [-0.39, 0.29) is 18.4 Å². The zero-order chi connectivity index (χ0) is 25.2. The predicted octanol–water partition coefficient (Wildman–Crippen LogP) is 3.08. The van der Waals surface area contributed by atoms with Crippen LogP contribution in [0.15, 0.2) is 65.6 Å². The standard InChI is InChI=1S/C27H25N3O6/c1-17-11-20(18(2)29(17)13-19-15-34-24-9-5-6-10-25(24)36-19)23(31)16-35-27(33)14-30-22-8-4-3-7-21(22)28-12-26(30)32/h3-12,19H,13-16H2,1-2H3. The van der Waals surface area contributed by atoms with Gasteiger partial charge in [-0.15, -0.1) is 0 Å². The second kappa shape index (κ2) is 9.69. The number of para-hydroxylation sites is 4. The molecule has 1 aliphatic rings. The lowest BCUT2D eigenvalue weighted by Crippen LogP contribution is -2.33. The van der Waals surface area contributed by atoms with Gasteiger partial charge in [-0.3, -0.25) is 19.0 Å². The van der Waals surface area contributed by atoms with Crippen molar-refractivity contribution in [1.82, 2.24) is 14.1 Å². The van der Waals surface area contributed by atoms with Gasteiger partial charge in [0.1, 0.15) is 13.2 Å². The Morgan fingerprint density at radius 3 is 2.64 bits per heavy atom. The quantitative estimate of drug-likeness (QED) is 0.292. The number of aryl methyl sites for hydroxylation is 1. The summed E-state index contributed by atoms with van der Waals surface area (Å²) in [5.74, 6) is 0.415. The van der Waals surface area contributed by atoms with E-state index in [0.717, 1.165) is 23.3 Å². The molecule has 9 nitrogen and oxygen atoms in total. The lowest BCUT2D eigenvalue weighted by molar-refractivity contribution is -0.143. The average Bonchev–Trinajstić information content (AvgIpc) is 3.17. The van der Waals surface area contributed by atoms with Gasteiger partial charge in [-0.25, -0.2) is 4.98 Å². The van der Waals surface area contributed by atoms with Crippen molar-refractivity contribution in [2.24, 2.45) is 0 Å². The topological polar surface area (TPSA) is 102 Å². The highest BCUT2D eigenvalue weighted by Crippen LogP contribution is 2.31. The van der Waals surface area contributed by atoms with Crippen LogP contribution in [0.25, 0.3) is 11.0 Å². The third-order valence-corrected chi connectivity index (χ3v) is 6.23. The minimum Gasteiger partial charge on any atom is -0.486 e. The first-order chi connectivity index (χ1) is 17.4. The van der Waals surface area contributed by atoms with Gasteiger partial charge in [0.15, 0.2) is 24.2 Å². The number of nitrogens with zero attached hydrogens (tertiary/aromatic N) is 3. The number of ketones is 1. The molecular formula is C27H25N3O6. The van der Waals surface area contributed by atoms with E-state index < -0.39 is 18.1 Å². The van der Waals surface area contributed by atoms with E-state index in [2.05, 4.69) is 4.98 Å². The molecule has 0 fully saturated rings. The van der Waals surface area contributed by atoms with E-state index in [1.807, 2.05) is 42.7 Å². The average molecular weight is 488 g/mol. The molecule has 0 bridgehead atoms. The minimum atomic E-state index is -0.679. The molecule has 4 aromatic rings. The Morgan fingerprint density at radius 2 is 1.81 bits per heavy atom. The number of Topliss-reactive ketones (excluding diaryl/α,β-unsaturated/α-hetero) is 1. The van der Waals surface area contributed by atoms with Gasteiger partial charge in [0, 0.05) is 17.0 Å². The summed E-state index contributed by atoms with van der Waals surface area (Å²) < 4.78 is 20.4. The fourth-order valence-corrected chi connectivity index (χ4v) is 4.40. The molecule has 1 aliphatic heterocycles. The summed E-state index contributed by atoms with van der Waals surface area (Å²) in [4.78, 5) is 41.7. The maximum absolute atomic E-state index is 12.9. The number of benzene rings is 2. The Balaban J connectivity index is 1.23. The molecule has 0 saturated heterocycles. The van der Waals surface area contributed by atoms with Crippen LogP contribution in [0.1, 0.15) is 21.7 Å². The Morgan fingerprint density at radius 1 is 1.06 bits per heavy atom. The van der Waals surface area contributed by atoms with Gasteiger partial charge in [-0.05, 0) is 44.2 Å². The van der Waals surface area contributed by atoms with Gasteiger partial charge in [0.2, 0.25) is 5.78 Å². The lowest BCUT2D eigenvalue weighted by atomic mass is 10.1. The molecule has 36 heavy (non-hydrogen) atoms. The zero-order valence-electron chi connectivity index (χ0n) is 20.0. The largest absolute Gasteiger partial charge is 0.486 e. The molecule has 2 aromatic heterocycles. The molecule has 5 rings (SSSR count). The van der Waals surface area contributed by atoms with E-state index in [4.69, 9.17) is 14.2 Å². The SMILES string of the molecule is Cc1cc(C(=O)COC(=O)Cn2c(=O)cnc3ccccc32)c(C)n1CC1COc2ccccc2O1. The Hall–Kier alpha value is -4.40. The van der Waals surface area contributed by atoms with Crippen molar-refractivity contribution < 1.29 is 23.8 Å². The molecule has 0 saturated carbocycles. The maximum atomic E-state index is 12.9. The highest BCUT2D eigenvalue weighted by Gasteiger charge is 2.24. The van der Waals surface area contributed by atoms with E-state index in [9.17, 15) is 14.4 Å². The lowest BCUT2D eigenvalue weighted by Gasteiger charge is -2.27. The number of ether oxygens (including phenoxy) is 3. The third-order valence-electron chi connectivity index (χ3n) is 6.23. The van der Waals surface area contributed by atoms with Crippen molar-refractivity contribution in [3.8, 4) is 11.5 Å². The summed E-state index contributed by atoms with van der Waals surface area (Å²) in [6.45, 7) is 3.94. The number of carbonyl (C=O) groups excluding carboxylic acids is 2. The van der Waals surface area contributed by atoms with E-state index in [1.54, 1.807) is 30.3 Å². The second-order valence-electron chi connectivity index (χ2n) is 8.65. The van der Waals surface area contributed by atoms with Crippen molar-refractivity contribution in [3.63, 3.8) is 0 Å². The van der Waals surface area contributed by atoms with E-state index >= 15 is 0 Å². The van der Waals surface area contributed by atoms with Crippen LogP contribution in [0, 0.1) is 13.8 Å². The van der Waals surface area contributed by atoms with Crippen LogP contribution in [0.2, 0.25) is 0 Å². The Bertz CT molecular complexity index is 1520. The van der Waals surface area contributed by atoms with Crippen LogP contribution in [0.5, 0.6) is 11.5 Å². The van der Waals surface area contributed by atoms with Crippen LogP contribution < -0.4 is 15.0 Å². The molecule has 1 unspecified atom stereocenters. The van der Waals surface area contributed by atoms with Gasteiger partial charge in [-0.2, -0.15) is 0 Å². The molecule has 0 N–H and O–H groups in total. The molecule has 2 aromatic carbocycles. The van der Waals surface area contributed by atoms with Crippen LogP contribution in [0.4, 0.5) is 0 Å². The summed E-state index contributed by atoms with van der Waals surface area (Å²) in [7, 11) is 0. The monoisotopic (exact) mass is 487 g/mol. The summed E-state index contributed by atoms with van der Waals surface area (Å²) in [6, 6.07) is 16.3. The van der Waals surface area contributed by atoms with Crippen LogP contribution in [0.3, 0.4) is 0 Å². The fraction of sp³-hybridized carbons (Fsp3) is 0.259. The maximum Gasteiger partial charge on any atom is 0.326 e. The van der Waals surface area contributed by atoms with Gasteiger partial charge >= 0.3 is 5.97 Å². The summed E-state index contributed by atoms with van der Waals surface area (Å²) >= 11 is 0. The number of rotatable bonds is 7. The molecule has 0 aliphatic carbocycles. The summed E-state index contributed by atoms with van der Waals surface area (Å²) in [6.07, 6.45) is 0.953. The Labute approximate surface area is 206 Å². The van der Waals surface area contributed by atoms with Crippen molar-refractivity contribution in [2.75, 3.05) is 13.2 Å². The van der Waals surface area contributed by atoms with Gasteiger partial charge in [0.25, 0.3) is 5.56 Å². The van der Waals surface area contributed by atoms with Crippen molar-refractivity contribution in [2.45, 2.75) is 33.0 Å². The van der Waals surface area contributed by atoms with Crippen molar-refractivity contribution >= 4 is 22.8 Å². The minimum absolute atomic E-state index is 0.209. The van der Waals surface area contributed by atoms with Crippen molar-refractivity contribution in [1.29, 1.82) is 0 Å². The molecule has 184 valence electrons. The zero-order valence-corrected chi connectivity index (χ0v) is 20.0. The highest BCUT2D eigenvalue weighted by atomic mass is 16.6. The van der Waals surface area contributed by atoms with Gasteiger partial charge in [-0.1, -0.05) is 24.3 Å². The smallest absolute Gasteiger partial charge is 0.326 e. The van der Waals surface area contributed by atoms with Crippen molar-refractivity contribution in [3.05, 3.63) is 88.1 Å². The number of aromatic nitrogens is 3. The van der Waals surface area contributed by atoms with Crippen LogP contribution in [-0.4, -0.2) is 45.2 Å². The van der Waals surface area contributed by atoms with Crippen LogP contribution in [-0.2, 0) is 22.6 Å². The van der Waals surface area contributed by atoms with Crippen LogP contribution >= 0.6 is 0 Å². The number of hydrogen-bond acceptors (Lipinski definition) is 7. The van der Waals surface area contributed by atoms with Gasteiger partial charge in [0.05, 0.1) is 23.8 Å². The number of esters is 1. The normalized spacial score (nSPS) is 14.6. The molecule has 3 heterocycles. The number of hydrogen-bond donors (Lipinski definition) is 0. The molecule has 0 spiro atoms. The second-order valence-corrected chi connectivity index (χ2v) is 8.65. The highest BCUT2D eigenvalue weighted by molar-refractivity contribution is 5.99. The summed E-state index contributed by atoms with van der Waals surface area (Å²) in [5.41, 5.74) is 2.81. The first kappa shape index (κ1) is 23.3. The molecule has 1 atom stereocenters. The first-order valence-electron chi connectivity index (χ1n) is 11.6. The summed E-state index contributed by atoms with van der Waals surface area (Å²) in [5, 5.41) is 0. The molecular weight excluding hydrogens is 462 g/mol. The number of carbonyl (C=O) groups is 2. The Kier molecular flexibility index (Phi) is 6.28.